The molecule has 0 bridgehead atoms. The van der Waals surface area contributed by atoms with Gasteiger partial charge in [0.25, 0.3) is 0 Å². The average molecular weight is 197 g/mol. The van der Waals surface area contributed by atoms with Gasteiger partial charge in [0.2, 0.25) is 6.54 Å². The maximum Gasteiger partial charge on any atom is 0.211 e. The monoisotopic (exact) mass is 197 g/mol. The largest absolute Gasteiger partial charge is 0.472 e. The highest BCUT2D eigenvalue weighted by molar-refractivity contribution is 5.55. The number of hydrogen-bond donors (Lipinski definition) is 0. The first-order valence-corrected chi connectivity index (χ1v) is 4.24. The van der Waals surface area contributed by atoms with Gasteiger partial charge in [-0.2, -0.15) is 0 Å². The van der Waals surface area contributed by atoms with Crippen molar-refractivity contribution in [2.24, 2.45) is 5.92 Å². The first kappa shape index (κ1) is 10.4. The van der Waals surface area contributed by atoms with Crippen LogP contribution in [-0.2, 0) is 4.79 Å². The van der Waals surface area contributed by atoms with E-state index in [0.29, 0.717) is 5.56 Å². The Morgan fingerprint density at radius 3 is 2.86 bits per heavy atom. The third-order valence-corrected chi connectivity index (χ3v) is 2.17. The molecule has 0 saturated carbocycles. The van der Waals surface area contributed by atoms with Crippen LogP contribution in [-0.4, -0.2) is 17.8 Å². The summed E-state index contributed by atoms with van der Waals surface area (Å²) in [6.45, 7) is 1.41. The second-order valence-electron chi connectivity index (χ2n) is 3.17. The Morgan fingerprint density at radius 1 is 1.71 bits per heavy atom. The number of hydrogen-bond acceptors (Lipinski definition) is 4. The third kappa shape index (κ3) is 2.42. The molecular weight excluding hydrogens is 186 g/mol. The van der Waals surface area contributed by atoms with Gasteiger partial charge in [0.1, 0.15) is 6.29 Å². The van der Waals surface area contributed by atoms with E-state index in [9.17, 15) is 14.9 Å². The van der Waals surface area contributed by atoms with Crippen LogP contribution in [0.25, 0.3) is 0 Å². The molecule has 0 aliphatic rings. The summed E-state index contributed by atoms with van der Waals surface area (Å²) in [7, 11) is 0. The molecule has 5 heteroatoms. The van der Waals surface area contributed by atoms with Gasteiger partial charge in [-0.1, -0.05) is 6.92 Å². The quantitative estimate of drug-likeness (QED) is 0.407. The molecule has 2 atom stereocenters. The van der Waals surface area contributed by atoms with Crippen LogP contribution >= 0.6 is 0 Å². The van der Waals surface area contributed by atoms with Gasteiger partial charge in [-0.05, 0) is 6.07 Å². The number of carbonyl (C=O) groups is 1. The van der Waals surface area contributed by atoms with Gasteiger partial charge in [-0.15, -0.1) is 0 Å². The molecule has 14 heavy (non-hydrogen) atoms. The lowest BCUT2D eigenvalue weighted by atomic mass is 9.90. The van der Waals surface area contributed by atoms with Crippen molar-refractivity contribution in [3.63, 3.8) is 0 Å². The first-order valence-electron chi connectivity index (χ1n) is 4.24. The Morgan fingerprint density at radius 2 is 2.43 bits per heavy atom. The highest BCUT2D eigenvalue weighted by atomic mass is 16.6. The van der Waals surface area contributed by atoms with E-state index in [2.05, 4.69) is 0 Å². The topological polar surface area (TPSA) is 73.3 Å². The van der Waals surface area contributed by atoms with Crippen LogP contribution in [0.5, 0.6) is 0 Å². The summed E-state index contributed by atoms with van der Waals surface area (Å²) in [5.41, 5.74) is 0.696. The fraction of sp³-hybridized carbons (Fsp3) is 0.444. The SMILES string of the molecule is C[C@H](C=O)[C@H](C[N+](=O)[O-])c1ccoc1. The highest BCUT2D eigenvalue weighted by Gasteiger charge is 2.24. The van der Waals surface area contributed by atoms with Crippen LogP contribution in [0.15, 0.2) is 23.0 Å². The molecule has 0 aliphatic carbocycles. The van der Waals surface area contributed by atoms with E-state index >= 15 is 0 Å². The van der Waals surface area contributed by atoms with E-state index in [-0.39, 0.29) is 12.5 Å². The van der Waals surface area contributed by atoms with Crippen LogP contribution in [0.2, 0.25) is 0 Å². The summed E-state index contributed by atoms with van der Waals surface area (Å²) >= 11 is 0. The minimum atomic E-state index is -0.419. The molecule has 0 spiro atoms. The van der Waals surface area contributed by atoms with E-state index in [1.54, 1.807) is 13.0 Å². The summed E-state index contributed by atoms with van der Waals surface area (Å²) in [6, 6.07) is 1.65. The number of rotatable bonds is 5. The second-order valence-corrected chi connectivity index (χ2v) is 3.17. The zero-order chi connectivity index (χ0) is 10.6. The molecule has 0 unspecified atom stereocenters. The van der Waals surface area contributed by atoms with E-state index in [1.165, 1.54) is 12.5 Å². The lowest BCUT2D eigenvalue weighted by Gasteiger charge is -2.13. The molecule has 1 heterocycles. The van der Waals surface area contributed by atoms with Crippen molar-refractivity contribution >= 4 is 6.29 Å². The van der Waals surface area contributed by atoms with Gasteiger partial charge in [0, 0.05) is 16.4 Å². The van der Waals surface area contributed by atoms with Gasteiger partial charge in [0.05, 0.1) is 18.4 Å². The Kier molecular flexibility index (Phi) is 3.39. The van der Waals surface area contributed by atoms with Crippen molar-refractivity contribution in [2.45, 2.75) is 12.8 Å². The van der Waals surface area contributed by atoms with Gasteiger partial charge in [-0.3, -0.25) is 10.1 Å². The molecule has 0 aromatic carbocycles. The molecule has 1 rings (SSSR count). The Hall–Kier alpha value is -1.65. The summed E-state index contributed by atoms with van der Waals surface area (Å²) in [6.07, 6.45) is 3.61. The summed E-state index contributed by atoms with van der Waals surface area (Å²) in [5, 5.41) is 10.4. The van der Waals surface area contributed by atoms with Crippen LogP contribution in [0.4, 0.5) is 0 Å². The molecule has 0 fully saturated rings. The maximum atomic E-state index is 10.6. The molecule has 0 radical (unpaired) electrons. The normalized spacial score (nSPS) is 14.6. The molecule has 0 amide bonds. The number of aldehydes is 1. The lowest BCUT2D eigenvalue weighted by molar-refractivity contribution is -0.484. The summed E-state index contributed by atoms with van der Waals surface area (Å²) in [4.78, 5) is 20.5. The van der Waals surface area contributed by atoms with Crippen molar-refractivity contribution in [3.8, 4) is 0 Å². The van der Waals surface area contributed by atoms with E-state index < -0.39 is 10.8 Å². The molecule has 0 aliphatic heterocycles. The van der Waals surface area contributed by atoms with Crippen molar-refractivity contribution in [2.75, 3.05) is 6.54 Å². The van der Waals surface area contributed by atoms with Crippen LogP contribution in [0, 0.1) is 16.0 Å². The van der Waals surface area contributed by atoms with Gasteiger partial charge in [-0.25, -0.2) is 0 Å². The summed E-state index contributed by atoms with van der Waals surface area (Å²) < 4.78 is 4.83. The van der Waals surface area contributed by atoms with Crippen LogP contribution < -0.4 is 0 Å². The van der Waals surface area contributed by atoms with Crippen LogP contribution in [0.3, 0.4) is 0 Å². The van der Waals surface area contributed by atoms with Gasteiger partial charge < -0.3 is 9.21 Å². The molecule has 76 valence electrons. The van der Waals surface area contributed by atoms with Crippen LogP contribution in [0.1, 0.15) is 18.4 Å². The molecule has 5 nitrogen and oxygen atoms in total. The van der Waals surface area contributed by atoms with Crippen molar-refractivity contribution < 1.29 is 14.1 Å². The zero-order valence-electron chi connectivity index (χ0n) is 7.75. The predicted molar refractivity (Wildman–Crippen MR) is 48.5 cm³/mol. The number of furan rings is 1. The Labute approximate surface area is 80.9 Å². The van der Waals surface area contributed by atoms with Crippen molar-refractivity contribution in [1.82, 2.24) is 0 Å². The minimum Gasteiger partial charge on any atom is -0.472 e. The lowest BCUT2D eigenvalue weighted by Crippen LogP contribution is -2.19. The fourth-order valence-electron chi connectivity index (χ4n) is 1.32. The van der Waals surface area contributed by atoms with E-state index in [1.807, 2.05) is 0 Å². The molecule has 1 aromatic heterocycles. The summed E-state index contributed by atoms with van der Waals surface area (Å²) in [5.74, 6) is -0.778. The van der Waals surface area contributed by atoms with Gasteiger partial charge in [0.15, 0.2) is 0 Å². The second kappa shape index (κ2) is 4.55. The van der Waals surface area contributed by atoms with Gasteiger partial charge >= 0.3 is 0 Å². The zero-order valence-corrected chi connectivity index (χ0v) is 7.75. The van der Waals surface area contributed by atoms with Crippen molar-refractivity contribution in [3.05, 3.63) is 34.3 Å². The molecule has 1 aromatic rings. The van der Waals surface area contributed by atoms with Crippen molar-refractivity contribution in [1.29, 1.82) is 0 Å². The minimum absolute atomic E-state index is 0.251. The van der Waals surface area contributed by atoms with E-state index in [4.69, 9.17) is 4.42 Å². The third-order valence-electron chi connectivity index (χ3n) is 2.17. The Balaban J connectivity index is 2.82. The van der Waals surface area contributed by atoms with E-state index in [0.717, 1.165) is 6.29 Å². The Bertz CT molecular complexity index is 307. The number of nitrogens with zero attached hydrogens (tertiary/aromatic N) is 1. The number of nitro groups is 1. The highest BCUT2D eigenvalue weighted by Crippen LogP contribution is 2.23. The standard InChI is InChI=1S/C9H11NO4/c1-7(5-11)9(4-10(12)13)8-2-3-14-6-8/h2-3,5-7,9H,4H2,1H3/t7-,9+/m1/s1. The maximum absolute atomic E-state index is 10.6. The predicted octanol–water partition coefficient (Wildman–Crippen LogP) is 1.47. The average Bonchev–Trinajstić information content (AvgIpc) is 2.65. The molecular formula is C9H11NO4. The number of carbonyl (C=O) groups excluding carboxylic acids is 1. The molecule has 0 N–H and O–H groups in total. The smallest absolute Gasteiger partial charge is 0.211 e. The first-order chi connectivity index (χ1) is 6.65. The molecule has 0 saturated heterocycles. The fourth-order valence-corrected chi connectivity index (χ4v) is 1.32.